The van der Waals surface area contributed by atoms with Crippen LogP contribution in [0, 0.1) is 0 Å². The Morgan fingerprint density at radius 3 is 2.39 bits per heavy atom. The summed E-state index contributed by atoms with van der Waals surface area (Å²) in [6.45, 7) is 2.48. The van der Waals surface area contributed by atoms with E-state index >= 15 is 0 Å². The van der Waals surface area contributed by atoms with Crippen molar-refractivity contribution in [3.8, 4) is 17.2 Å². The van der Waals surface area contributed by atoms with Crippen LogP contribution in [-0.4, -0.2) is 44.8 Å². The molecule has 0 bridgehead atoms. The number of methoxy groups -OCH3 is 2. The zero-order valence-corrected chi connectivity index (χ0v) is 16.5. The van der Waals surface area contributed by atoms with Crippen LogP contribution in [0.3, 0.4) is 0 Å². The van der Waals surface area contributed by atoms with Crippen molar-refractivity contribution in [2.75, 3.05) is 33.9 Å². The first-order valence-electron chi connectivity index (χ1n) is 9.68. The van der Waals surface area contributed by atoms with Crippen LogP contribution in [0.1, 0.15) is 30.9 Å². The van der Waals surface area contributed by atoms with Crippen LogP contribution in [0.25, 0.3) is 0 Å². The summed E-state index contributed by atoms with van der Waals surface area (Å²) in [5, 5.41) is 2.92. The molecule has 1 aliphatic heterocycles. The van der Waals surface area contributed by atoms with Crippen molar-refractivity contribution < 1.29 is 19.0 Å². The third-order valence-corrected chi connectivity index (χ3v) is 5.02. The average molecular weight is 384 g/mol. The average Bonchev–Trinajstić information content (AvgIpc) is 2.75. The highest BCUT2D eigenvalue weighted by Gasteiger charge is 2.24. The molecule has 1 fully saturated rings. The maximum Gasteiger partial charge on any atom is 0.412 e. The summed E-state index contributed by atoms with van der Waals surface area (Å²) >= 11 is 0. The summed E-state index contributed by atoms with van der Waals surface area (Å²) in [7, 11) is 3.26. The number of rotatable bonds is 7. The topological polar surface area (TPSA) is 60.0 Å². The molecule has 1 N–H and O–H groups in total. The van der Waals surface area contributed by atoms with Gasteiger partial charge in [-0.25, -0.2) is 4.79 Å². The number of amides is 1. The highest BCUT2D eigenvalue weighted by atomic mass is 16.6. The fourth-order valence-electron chi connectivity index (χ4n) is 3.56. The number of hydrogen-bond acceptors (Lipinski definition) is 5. The van der Waals surface area contributed by atoms with Crippen molar-refractivity contribution >= 4 is 6.09 Å². The van der Waals surface area contributed by atoms with E-state index in [0.29, 0.717) is 23.8 Å². The number of nitrogens with one attached hydrogen (secondary N) is 1. The van der Waals surface area contributed by atoms with Crippen LogP contribution >= 0.6 is 0 Å². The number of piperidine rings is 1. The minimum absolute atomic E-state index is 0.0448. The molecule has 3 rings (SSSR count). The third-order valence-electron chi connectivity index (χ3n) is 5.02. The second kappa shape index (κ2) is 9.99. The van der Waals surface area contributed by atoms with Gasteiger partial charge in [-0.05, 0) is 55.8 Å². The first kappa shape index (κ1) is 20.0. The summed E-state index contributed by atoms with van der Waals surface area (Å²) in [4.78, 5) is 14.7. The molecule has 0 aliphatic carbocycles. The zero-order valence-electron chi connectivity index (χ0n) is 16.5. The molecule has 1 saturated heterocycles. The highest BCUT2D eigenvalue weighted by Crippen LogP contribution is 2.32. The molecule has 0 radical (unpaired) electrons. The lowest BCUT2D eigenvalue weighted by Gasteiger charge is -2.35. The van der Waals surface area contributed by atoms with E-state index in [1.54, 1.807) is 26.4 Å². The van der Waals surface area contributed by atoms with Crippen LogP contribution in [0.15, 0.2) is 48.5 Å². The van der Waals surface area contributed by atoms with Crippen LogP contribution in [0.2, 0.25) is 0 Å². The Kier molecular flexibility index (Phi) is 7.14. The highest BCUT2D eigenvalue weighted by molar-refractivity contribution is 5.70. The molecule has 28 heavy (non-hydrogen) atoms. The second-order valence-corrected chi connectivity index (χ2v) is 6.81. The van der Waals surface area contributed by atoms with E-state index in [-0.39, 0.29) is 6.04 Å². The quantitative estimate of drug-likeness (QED) is 0.781. The smallest absolute Gasteiger partial charge is 0.412 e. The van der Waals surface area contributed by atoms with E-state index in [2.05, 4.69) is 10.2 Å². The van der Waals surface area contributed by atoms with Crippen molar-refractivity contribution in [3.05, 3.63) is 54.1 Å². The lowest BCUT2D eigenvalue weighted by molar-refractivity contribution is 0.154. The zero-order chi connectivity index (χ0) is 19.8. The second-order valence-electron chi connectivity index (χ2n) is 6.81. The first-order chi connectivity index (χ1) is 13.7. The molecule has 1 atom stereocenters. The van der Waals surface area contributed by atoms with Gasteiger partial charge in [0.2, 0.25) is 0 Å². The van der Waals surface area contributed by atoms with Gasteiger partial charge in [0.1, 0.15) is 5.75 Å². The van der Waals surface area contributed by atoms with E-state index in [0.717, 1.165) is 31.5 Å². The Balaban J connectivity index is 1.73. The van der Waals surface area contributed by atoms with Crippen LogP contribution in [-0.2, 0) is 0 Å². The van der Waals surface area contributed by atoms with Crippen molar-refractivity contribution in [3.63, 3.8) is 0 Å². The van der Waals surface area contributed by atoms with E-state index < -0.39 is 6.09 Å². The molecule has 1 unspecified atom stereocenters. The number of carbonyl (C=O) groups is 1. The van der Waals surface area contributed by atoms with Crippen LogP contribution in [0.5, 0.6) is 17.2 Å². The van der Waals surface area contributed by atoms with E-state index in [9.17, 15) is 4.79 Å². The Bertz CT molecular complexity index is 760. The Morgan fingerprint density at radius 2 is 1.71 bits per heavy atom. The maximum absolute atomic E-state index is 12.3. The number of hydrogen-bond donors (Lipinski definition) is 1. The number of carbonyl (C=O) groups excluding carboxylic acids is 1. The molecule has 1 amide bonds. The molecule has 0 saturated carbocycles. The fourth-order valence-corrected chi connectivity index (χ4v) is 3.56. The van der Waals surface area contributed by atoms with Gasteiger partial charge < -0.3 is 19.5 Å². The molecule has 6 heteroatoms. The standard InChI is InChI=1S/C22H28N2O4/c1-26-20-12-11-17(15-21(20)27-2)19(24-13-7-4-8-14-24)16-23-22(25)28-18-9-5-3-6-10-18/h3,5-6,9-12,15,19H,4,7-8,13-14,16H2,1-2H3,(H,23,25). The summed E-state index contributed by atoms with van der Waals surface area (Å²) in [6.07, 6.45) is 3.13. The molecule has 0 aromatic heterocycles. The predicted molar refractivity (Wildman–Crippen MR) is 108 cm³/mol. The third kappa shape index (κ3) is 5.16. The molecule has 1 heterocycles. The SMILES string of the molecule is COc1ccc(C(CNC(=O)Oc2ccccc2)N2CCCCC2)cc1OC. The largest absolute Gasteiger partial charge is 0.493 e. The lowest BCUT2D eigenvalue weighted by Crippen LogP contribution is -2.41. The Morgan fingerprint density at radius 1 is 1.00 bits per heavy atom. The molecule has 0 spiro atoms. The molecule has 2 aromatic rings. The van der Waals surface area contributed by atoms with Gasteiger partial charge >= 0.3 is 6.09 Å². The van der Waals surface area contributed by atoms with Crippen molar-refractivity contribution in [2.45, 2.75) is 25.3 Å². The Labute approximate surface area is 166 Å². The van der Waals surface area contributed by atoms with Gasteiger partial charge in [0.05, 0.1) is 20.3 Å². The summed E-state index contributed by atoms with van der Waals surface area (Å²) in [5.74, 6) is 1.91. The molecule has 2 aromatic carbocycles. The van der Waals surface area contributed by atoms with Gasteiger partial charge in [0, 0.05) is 6.54 Å². The van der Waals surface area contributed by atoms with Gasteiger partial charge in [-0.3, -0.25) is 4.90 Å². The van der Waals surface area contributed by atoms with Gasteiger partial charge in [0.15, 0.2) is 11.5 Å². The molecule has 150 valence electrons. The number of benzene rings is 2. The van der Waals surface area contributed by atoms with Gasteiger partial charge in [-0.1, -0.05) is 30.7 Å². The van der Waals surface area contributed by atoms with Gasteiger partial charge in [0.25, 0.3) is 0 Å². The van der Waals surface area contributed by atoms with E-state index in [1.807, 2.05) is 36.4 Å². The normalized spacial score (nSPS) is 15.5. The monoisotopic (exact) mass is 384 g/mol. The molecular weight excluding hydrogens is 356 g/mol. The minimum Gasteiger partial charge on any atom is -0.493 e. The summed E-state index contributed by atoms with van der Waals surface area (Å²) in [6, 6.07) is 15.1. The lowest BCUT2D eigenvalue weighted by atomic mass is 10.0. The molecule has 6 nitrogen and oxygen atoms in total. The summed E-state index contributed by atoms with van der Waals surface area (Å²) in [5.41, 5.74) is 1.08. The van der Waals surface area contributed by atoms with E-state index in [1.165, 1.54) is 6.42 Å². The number of nitrogens with zero attached hydrogens (tertiary/aromatic N) is 1. The predicted octanol–water partition coefficient (Wildman–Crippen LogP) is 4.02. The number of para-hydroxylation sites is 1. The fraction of sp³-hybridized carbons (Fsp3) is 0.409. The summed E-state index contributed by atoms with van der Waals surface area (Å²) < 4.78 is 16.2. The Hall–Kier alpha value is -2.73. The van der Waals surface area contributed by atoms with Gasteiger partial charge in [-0.2, -0.15) is 0 Å². The molecular formula is C22H28N2O4. The van der Waals surface area contributed by atoms with Crippen LogP contribution in [0.4, 0.5) is 4.79 Å². The maximum atomic E-state index is 12.3. The van der Waals surface area contributed by atoms with Crippen molar-refractivity contribution in [2.24, 2.45) is 0 Å². The van der Waals surface area contributed by atoms with Crippen molar-refractivity contribution in [1.82, 2.24) is 10.2 Å². The van der Waals surface area contributed by atoms with Crippen LogP contribution < -0.4 is 19.5 Å². The van der Waals surface area contributed by atoms with Gasteiger partial charge in [-0.15, -0.1) is 0 Å². The molecule has 1 aliphatic rings. The minimum atomic E-state index is -0.450. The number of likely N-dealkylation sites (tertiary alicyclic amines) is 1. The number of ether oxygens (including phenoxy) is 3. The van der Waals surface area contributed by atoms with Crippen molar-refractivity contribution in [1.29, 1.82) is 0 Å². The first-order valence-corrected chi connectivity index (χ1v) is 9.68. The van der Waals surface area contributed by atoms with E-state index in [4.69, 9.17) is 14.2 Å².